The molecule has 2 aromatic carbocycles. The van der Waals surface area contributed by atoms with Gasteiger partial charge in [-0.05, 0) is 84.6 Å². The molecule has 2 aromatic heterocycles. The van der Waals surface area contributed by atoms with Gasteiger partial charge < -0.3 is 56.8 Å². The molecule has 0 spiro atoms. The van der Waals surface area contributed by atoms with E-state index in [-0.39, 0.29) is 11.5 Å². The minimum atomic E-state index is -1.42. The highest BCUT2D eigenvalue weighted by atomic mass is 16.7. The zero-order chi connectivity index (χ0) is 55.1. The fourth-order valence-electron chi connectivity index (χ4n) is 7.64. The van der Waals surface area contributed by atoms with Gasteiger partial charge in [0.25, 0.3) is 0 Å². The van der Waals surface area contributed by atoms with E-state index in [0.717, 1.165) is 41.5 Å². The van der Waals surface area contributed by atoms with Crippen LogP contribution in [0.3, 0.4) is 0 Å². The van der Waals surface area contributed by atoms with Crippen LogP contribution < -0.4 is 9.47 Å². The van der Waals surface area contributed by atoms with E-state index in [1.165, 1.54) is 13.8 Å². The molecule has 0 bridgehead atoms. The predicted molar refractivity (Wildman–Crippen MR) is 257 cm³/mol. The number of nitrogens with zero attached hydrogens (tertiary/aromatic N) is 2. The highest BCUT2D eigenvalue weighted by Crippen LogP contribution is 2.33. The zero-order valence-corrected chi connectivity index (χ0v) is 42.3. The smallest absolute Gasteiger partial charge is 0.303 e. The molecule has 0 N–H and O–H groups in total. The second-order valence-corrected chi connectivity index (χ2v) is 16.7. The number of carbonyl (C=O) groups is 8. The summed E-state index contributed by atoms with van der Waals surface area (Å²) in [6.45, 7) is 8.27. The summed E-state index contributed by atoms with van der Waals surface area (Å²) in [5, 5.41) is 0. The highest BCUT2D eigenvalue weighted by Gasteiger charge is 2.55. The van der Waals surface area contributed by atoms with Crippen molar-refractivity contribution in [2.24, 2.45) is 0 Å². The molecule has 4 aromatic rings. The minimum absolute atomic E-state index is 0.232. The van der Waals surface area contributed by atoms with Crippen LogP contribution in [-0.2, 0) is 85.7 Å². The largest absolute Gasteiger partial charge is 0.463 e. The van der Waals surface area contributed by atoms with Gasteiger partial charge in [0, 0.05) is 66.5 Å². The molecule has 2 aliphatic rings. The zero-order valence-electron chi connectivity index (χ0n) is 42.3. The first-order valence-corrected chi connectivity index (χ1v) is 23.3. The van der Waals surface area contributed by atoms with Gasteiger partial charge in [-0.2, -0.15) is 0 Å². The molecule has 22 nitrogen and oxygen atoms in total. The molecule has 0 radical (unpaired) electrons. The fourth-order valence-corrected chi connectivity index (χ4v) is 7.64. The number of esters is 8. The molecule has 2 aliphatic heterocycles. The maximum absolute atomic E-state index is 12.2. The van der Waals surface area contributed by atoms with Crippen molar-refractivity contribution in [3.05, 3.63) is 107 Å². The maximum Gasteiger partial charge on any atom is 0.303 e. The molecule has 22 heteroatoms. The number of hydrogen-bond acceptors (Lipinski definition) is 22. The van der Waals surface area contributed by atoms with E-state index >= 15 is 0 Å². The van der Waals surface area contributed by atoms with Crippen molar-refractivity contribution in [2.75, 3.05) is 13.2 Å². The lowest BCUT2D eigenvalue weighted by Crippen LogP contribution is -2.63. The third-order valence-corrected chi connectivity index (χ3v) is 10.5. The van der Waals surface area contributed by atoms with Gasteiger partial charge in [0.2, 0.25) is 24.8 Å². The fraction of sp³-hybridized carbons (Fsp3) is 0.370. The van der Waals surface area contributed by atoms with Crippen molar-refractivity contribution in [3.63, 3.8) is 0 Å². The van der Waals surface area contributed by atoms with Crippen molar-refractivity contribution in [1.29, 1.82) is 0 Å². The SMILES string of the molecule is CC(=O)OC[C@H]1O[C@@H](Oc2ccc(C#Cc3cccc(-c4cccc(C#Cc5ccc(O[C@@H]6O[C@H](COC(C)=O)[C@H](OC(C)=O)[C@H](OC(C)=O)[C@H]6OC(C)=O)cc5)n4)n3)cc2)[C@H](OC(C)=O)[C@@H](OC(C)=O)[C@H]1OC(C)=O. The van der Waals surface area contributed by atoms with Crippen LogP contribution in [0.4, 0.5) is 0 Å². The van der Waals surface area contributed by atoms with E-state index in [2.05, 4.69) is 33.6 Å². The molecule has 10 atom stereocenters. The highest BCUT2D eigenvalue weighted by molar-refractivity contribution is 5.70. The standard InChI is InChI=1S/C54H52N2O20/c1-29(57)65-27-45-47(67-31(3)59)49(69-33(5)61)51(71-35(7)63)53(75-45)73-41-23-17-37(18-24-41)15-21-39-11-9-13-43(55-39)44-14-10-12-40(56-44)22-16-38-19-25-42(26-20-38)74-54-52(72-36(8)64)50(70-34(6)62)48(68-32(4)60)46(76-54)28-66-30(2)58/h9-14,17-20,23-26,45-54H,27-28H2,1-8H3/t45-,46-,47+,48+,49+,50+,51-,52-,53-,54-/m1/s1. The van der Waals surface area contributed by atoms with Crippen molar-refractivity contribution < 1.29 is 95.2 Å². The third kappa shape index (κ3) is 16.6. The second-order valence-electron chi connectivity index (χ2n) is 16.7. The van der Waals surface area contributed by atoms with Crippen LogP contribution in [-0.4, -0.2) is 132 Å². The molecular weight excluding hydrogens is 997 g/mol. The first kappa shape index (κ1) is 56.4. The van der Waals surface area contributed by atoms with Crippen molar-refractivity contribution in [2.45, 2.75) is 117 Å². The first-order valence-electron chi connectivity index (χ1n) is 23.3. The molecule has 76 heavy (non-hydrogen) atoms. The third-order valence-electron chi connectivity index (χ3n) is 10.5. The second kappa shape index (κ2) is 26.4. The topological polar surface area (TPSA) is 273 Å². The average Bonchev–Trinajstić information content (AvgIpc) is 3.35. The van der Waals surface area contributed by atoms with Crippen LogP contribution in [0.1, 0.15) is 77.9 Å². The van der Waals surface area contributed by atoms with Crippen molar-refractivity contribution in [3.8, 4) is 46.6 Å². The molecule has 4 heterocycles. The van der Waals surface area contributed by atoms with Crippen molar-refractivity contribution >= 4 is 47.8 Å². The van der Waals surface area contributed by atoms with E-state index < -0.39 is 122 Å². The Kier molecular flexibility index (Phi) is 19.6. The van der Waals surface area contributed by atoms with E-state index in [1.807, 2.05) is 0 Å². The van der Waals surface area contributed by atoms with Crippen LogP contribution in [0, 0.1) is 23.7 Å². The predicted octanol–water partition coefficient (Wildman–Crippen LogP) is 3.87. The molecule has 398 valence electrons. The molecule has 6 rings (SSSR count). The van der Waals surface area contributed by atoms with Gasteiger partial charge >= 0.3 is 47.8 Å². The van der Waals surface area contributed by atoms with Crippen LogP contribution >= 0.6 is 0 Å². The number of benzene rings is 2. The number of hydrogen-bond donors (Lipinski definition) is 0. The van der Waals surface area contributed by atoms with Gasteiger partial charge in [-0.3, -0.25) is 38.4 Å². The van der Waals surface area contributed by atoms with Gasteiger partial charge in [-0.15, -0.1) is 0 Å². The molecule has 0 amide bonds. The Morgan fingerprint density at radius 2 is 0.711 bits per heavy atom. The summed E-state index contributed by atoms with van der Waals surface area (Å²) in [4.78, 5) is 106. The van der Waals surface area contributed by atoms with Gasteiger partial charge in [-0.25, -0.2) is 9.97 Å². The van der Waals surface area contributed by atoms with E-state index in [1.54, 1.807) is 84.9 Å². The Morgan fingerprint density at radius 3 is 1.03 bits per heavy atom. The summed E-state index contributed by atoms with van der Waals surface area (Å²) in [6.07, 6.45) is -13.5. The number of aromatic nitrogens is 2. The molecular formula is C54H52N2O20. The summed E-state index contributed by atoms with van der Waals surface area (Å²) in [5.74, 6) is 6.72. The quantitative estimate of drug-likeness (QED) is 0.0928. The summed E-state index contributed by atoms with van der Waals surface area (Å²) in [7, 11) is 0. The molecule has 2 fully saturated rings. The van der Waals surface area contributed by atoms with Crippen LogP contribution in [0.15, 0.2) is 84.9 Å². The van der Waals surface area contributed by atoms with Crippen molar-refractivity contribution in [1.82, 2.24) is 9.97 Å². The normalized spacial score (nSPS) is 22.4. The number of ether oxygens (including phenoxy) is 12. The lowest BCUT2D eigenvalue weighted by molar-refractivity contribution is -0.288. The average molecular weight is 1050 g/mol. The Morgan fingerprint density at radius 1 is 0.395 bits per heavy atom. The minimum Gasteiger partial charge on any atom is -0.463 e. The summed E-state index contributed by atoms with van der Waals surface area (Å²) in [6, 6.07) is 23.5. The van der Waals surface area contributed by atoms with E-state index in [0.29, 0.717) is 33.9 Å². The van der Waals surface area contributed by atoms with Crippen LogP contribution in [0.2, 0.25) is 0 Å². The van der Waals surface area contributed by atoms with Gasteiger partial charge in [0.15, 0.2) is 24.4 Å². The maximum atomic E-state index is 12.2. The Labute approximate surface area is 435 Å². The van der Waals surface area contributed by atoms with E-state index in [4.69, 9.17) is 56.8 Å². The molecule has 2 saturated heterocycles. The summed E-state index contributed by atoms with van der Waals surface area (Å²) in [5.41, 5.74) is 3.04. The Bertz CT molecular complexity index is 2720. The lowest BCUT2D eigenvalue weighted by atomic mass is 9.98. The lowest BCUT2D eigenvalue weighted by Gasteiger charge is -2.43. The van der Waals surface area contributed by atoms with Gasteiger partial charge in [0.05, 0.1) is 11.4 Å². The molecule has 0 unspecified atom stereocenters. The summed E-state index contributed by atoms with van der Waals surface area (Å²) >= 11 is 0. The molecule has 0 saturated carbocycles. The van der Waals surface area contributed by atoms with Crippen LogP contribution in [0.25, 0.3) is 11.4 Å². The Balaban J connectivity index is 1.14. The van der Waals surface area contributed by atoms with E-state index in [9.17, 15) is 38.4 Å². The first-order chi connectivity index (χ1) is 36.2. The number of carbonyl (C=O) groups excluding carboxylic acids is 8. The monoisotopic (exact) mass is 1050 g/mol. The summed E-state index contributed by atoms with van der Waals surface area (Å²) < 4.78 is 67.2. The number of rotatable bonds is 15. The molecule has 0 aliphatic carbocycles. The Hall–Kier alpha value is -8.86. The van der Waals surface area contributed by atoms with Gasteiger partial charge in [-0.1, -0.05) is 24.0 Å². The number of pyridine rings is 2. The van der Waals surface area contributed by atoms with Gasteiger partial charge in [0.1, 0.15) is 48.3 Å². The van der Waals surface area contributed by atoms with Crippen LogP contribution in [0.5, 0.6) is 11.5 Å².